The Balaban J connectivity index is 0.000000581. The summed E-state index contributed by atoms with van der Waals surface area (Å²) in [6.07, 6.45) is 6.24. The summed E-state index contributed by atoms with van der Waals surface area (Å²) in [5.74, 6) is 0.822. The number of aryl methyl sites for hydroxylation is 2. The average molecular weight is 481 g/mol. The highest BCUT2D eigenvalue weighted by Crippen LogP contribution is 2.21. The molecular formula is C25H38BrNOS. The molecule has 0 aromatic heterocycles. The lowest BCUT2D eigenvalue weighted by atomic mass is 10.1. The van der Waals surface area contributed by atoms with Crippen LogP contribution in [-0.4, -0.2) is 23.4 Å². The molecule has 0 aliphatic heterocycles. The summed E-state index contributed by atoms with van der Waals surface area (Å²) >= 11 is 5.41. The van der Waals surface area contributed by atoms with Gasteiger partial charge in [0.2, 0.25) is 0 Å². The Kier molecular flexibility index (Phi) is 17.1. The van der Waals surface area contributed by atoms with Crippen molar-refractivity contribution in [1.29, 1.82) is 0 Å². The fourth-order valence-corrected chi connectivity index (χ4v) is 3.30. The zero-order valence-electron chi connectivity index (χ0n) is 19.0. The van der Waals surface area contributed by atoms with Crippen LogP contribution in [0.15, 0.2) is 53.0 Å². The van der Waals surface area contributed by atoms with Crippen molar-refractivity contribution in [3.63, 3.8) is 0 Å². The lowest BCUT2D eigenvalue weighted by Gasteiger charge is -2.22. The third kappa shape index (κ3) is 14.5. The molecule has 0 fully saturated rings. The smallest absolute Gasteiger partial charge is 0.119 e. The number of rotatable bonds is 8. The van der Waals surface area contributed by atoms with Crippen LogP contribution < -0.4 is 0 Å². The molecule has 0 saturated heterocycles. The molecule has 29 heavy (non-hydrogen) atoms. The SMILES string of the molecule is CCC(C)CCN(Cc1cc(Br)ccc1C)SC.CCC=O.Cc1ccccc1. The number of hydrogen-bond donors (Lipinski definition) is 0. The van der Waals surface area contributed by atoms with E-state index in [-0.39, 0.29) is 0 Å². The third-order valence-corrected chi connectivity index (χ3v) is 5.91. The fraction of sp³-hybridized carbons (Fsp3) is 0.480. The second-order valence-electron chi connectivity index (χ2n) is 7.15. The van der Waals surface area contributed by atoms with Gasteiger partial charge < -0.3 is 4.79 Å². The molecule has 0 radical (unpaired) electrons. The highest BCUT2D eigenvalue weighted by atomic mass is 79.9. The van der Waals surface area contributed by atoms with Gasteiger partial charge in [-0.2, -0.15) is 0 Å². The van der Waals surface area contributed by atoms with Crippen molar-refractivity contribution in [2.24, 2.45) is 5.92 Å². The molecule has 162 valence electrons. The van der Waals surface area contributed by atoms with Crippen molar-refractivity contribution in [2.45, 2.75) is 60.4 Å². The summed E-state index contributed by atoms with van der Waals surface area (Å²) in [6, 6.07) is 16.8. The minimum Gasteiger partial charge on any atom is -0.303 e. The van der Waals surface area contributed by atoms with Crippen LogP contribution in [-0.2, 0) is 11.3 Å². The number of benzene rings is 2. The molecule has 0 bridgehead atoms. The van der Waals surface area contributed by atoms with Crippen LogP contribution in [0.25, 0.3) is 0 Å². The van der Waals surface area contributed by atoms with Gasteiger partial charge in [0, 0.05) is 24.0 Å². The largest absolute Gasteiger partial charge is 0.303 e. The number of aldehydes is 1. The molecule has 0 N–H and O–H groups in total. The van der Waals surface area contributed by atoms with E-state index in [1.165, 1.54) is 40.5 Å². The van der Waals surface area contributed by atoms with E-state index in [9.17, 15) is 4.79 Å². The Morgan fingerprint density at radius 1 is 1.10 bits per heavy atom. The van der Waals surface area contributed by atoms with Crippen LogP contribution in [0.4, 0.5) is 0 Å². The number of hydrogen-bond acceptors (Lipinski definition) is 3. The summed E-state index contributed by atoms with van der Waals surface area (Å²) in [5, 5.41) is 0. The molecule has 1 atom stereocenters. The van der Waals surface area contributed by atoms with Crippen LogP contribution >= 0.6 is 27.9 Å². The van der Waals surface area contributed by atoms with Crippen molar-refractivity contribution in [1.82, 2.24) is 4.31 Å². The molecule has 4 heteroatoms. The first-order valence-electron chi connectivity index (χ1n) is 10.4. The molecule has 0 amide bonds. The maximum absolute atomic E-state index is 9.17. The standard InChI is InChI=1S/C15H24BrNS.C7H8.C3H6O/c1-5-12(2)8-9-17(18-4)11-14-10-15(16)7-6-13(14)3;1-7-5-3-2-4-6-7;1-2-3-4/h6-7,10,12H,5,8-9,11H2,1-4H3;2-6H,1H3;3H,2H2,1H3. The zero-order chi connectivity index (χ0) is 22.1. The van der Waals surface area contributed by atoms with Crippen molar-refractivity contribution in [2.75, 3.05) is 12.8 Å². The molecule has 0 spiro atoms. The van der Waals surface area contributed by atoms with Crippen molar-refractivity contribution in [3.05, 3.63) is 69.7 Å². The monoisotopic (exact) mass is 479 g/mol. The molecule has 2 nitrogen and oxygen atoms in total. The molecule has 1 unspecified atom stereocenters. The Hall–Kier alpha value is -1.10. The van der Waals surface area contributed by atoms with Crippen LogP contribution in [0.1, 0.15) is 56.7 Å². The minimum absolute atomic E-state index is 0.639. The molecule has 0 aliphatic rings. The van der Waals surface area contributed by atoms with E-state index in [2.05, 4.69) is 84.5 Å². The van der Waals surface area contributed by atoms with Gasteiger partial charge in [0.15, 0.2) is 0 Å². The van der Waals surface area contributed by atoms with Gasteiger partial charge in [0.05, 0.1) is 0 Å². The average Bonchev–Trinajstić information content (AvgIpc) is 2.74. The predicted octanol–water partition coefficient (Wildman–Crippen LogP) is 7.86. The first-order valence-corrected chi connectivity index (χ1v) is 12.3. The maximum atomic E-state index is 9.17. The highest BCUT2D eigenvalue weighted by Gasteiger charge is 2.09. The Labute approximate surface area is 191 Å². The van der Waals surface area contributed by atoms with Gasteiger partial charge in [-0.1, -0.05) is 97.0 Å². The van der Waals surface area contributed by atoms with E-state index in [1.807, 2.05) is 37.1 Å². The second-order valence-corrected chi connectivity index (χ2v) is 8.95. The van der Waals surface area contributed by atoms with Crippen molar-refractivity contribution >= 4 is 34.2 Å². The van der Waals surface area contributed by atoms with Gasteiger partial charge in [0.25, 0.3) is 0 Å². The summed E-state index contributed by atoms with van der Waals surface area (Å²) < 4.78 is 3.63. The van der Waals surface area contributed by atoms with Gasteiger partial charge in [-0.25, -0.2) is 4.31 Å². The second kappa shape index (κ2) is 17.7. The third-order valence-electron chi connectivity index (χ3n) is 4.59. The lowest BCUT2D eigenvalue weighted by Crippen LogP contribution is -2.18. The molecule has 0 saturated carbocycles. The van der Waals surface area contributed by atoms with Gasteiger partial charge in [-0.05, 0) is 55.7 Å². The Bertz CT molecular complexity index is 663. The quantitative estimate of drug-likeness (QED) is 0.283. The van der Waals surface area contributed by atoms with E-state index in [1.54, 1.807) is 0 Å². The summed E-state index contributed by atoms with van der Waals surface area (Å²) in [5.41, 5.74) is 4.12. The van der Waals surface area contributed by atoms with Crippen molar-refractivity contribution in [3.8, 4) is 0 Å². The van der Waals surface area contributed by atoms with Gasteiger partial charge in [0.1, 0.15) is 6.29 Å². The fourth-order valence-electron chi connectivity index (χ4n) is 2.34. The Morgan fingerprint density at radius 2 is 1.72 bits per heavy atom. The predicted molar refractivity (Wildman–Crippen MR) is 134 cm³/mol. The highest BCUT2D eigenvalue weighted by molar-refractivity contribution is 9.10. The van der Waals surface area contributed by atoms with E-state index in [0.717, 1.165) is 18.7 Å². The number of carbonyl (C=O) groups excluding carboxylic acids is 1. The van der Waals surface area contributed by atoms with E-state index < -0.39 is 0 Å². The first kappa shape index (κ1) is 27.9. The van der Waals surface area contributed by atoms with Crippen LogP contribution in [0.2, 0.25) is 0 Å². The Morgan fingerprint density at radius 3 is 2.17 bits per heavy atom. The lowest BCUT2D eigenvalue weighted by molar-refractivity contribution is -0.107. The molecule has 0 heterocycles. The van der Waals surface area contributed by atoms with Crippen LogP contribution in [0.5, 0.6) is 0 Å². The van der Waals surface area contributed by atoms with Gasteiger partial charge in [-0.15, -0.1) is 0 Å². The first-order chi connectivity index (χ1) is 13.9. The maximum Gasteiger partial charge on any atom is 0.119 e. The van der Waals surface area contributed by atoms with Crippen LogP contribution in [0, 0.1) is 19.8 Å². The van der Waals surface area contributed by atoms with E-state index in [4.69, 9.17) is 0 Å². The summed E-state index contributed by atoms with van der Waals surface area (Å²) in [6.45, 7) is 12.9. The number of nitrogens with zero attached hydrogens (tertiary/aromatic N) is 1. The van der Waals surface area contributed by atoms with Gasteiger partial charge >= 0.3 is 0 Å². The molecule has 2 aromatic carbocycles. The summed E-state index contributed by atoms with van der Waals surface area (Å²) in [4.78, 5) is 9.17. The number of halogens is 1. The number of carbonyl (C=O) groups is 1. The molecule has 2 rings (SSSR count). The van der Waals surface area contributed by atoms with Gasteiger partial charge in [-0.3, -0.25) is 0 Å². The molecule has 0 aliphatic carbocycles. The topological polar surface area (TPSA) is 20.3 Å². The molecular weight excluding hydrogens is 442 g/mol. The zero-order valence-corrected chi connectivity index (χ0v) is 21.4. The minimum atomic E-state index is 0.639. The van der Waals surface area contributed by atoms with Crippen molar-refractivity contribution < 1.29 is 4.79 Å². The molecule has 2 aromatic rings. The normalized spacial score (nSPS) is 11.0. The van der Waals surface area contributed by atoms with E-state index in [0.29, 0.717) is 6.42 Å². The summed E-state index contributed by atoms with van der Waals surface area (Å²) in [7, 11) is 0. The van der Waals surface area contributed by atoms with Crippen LogP contribution in [0.3, 0.4) is 0 Å². The van der Waals surface area contributed by atoms with E-state index >= 15 is 0 Å².